The van der Waals surface area contributed by atoms with Crippen LogP contribution in [0.4, 0.5) is 0 Å². The van der Waals surface area contributed by atoms with Gasteiger partial charge in [-0.2, -0.15) is 0 Å². The highest BCUT2D eigenvalue weighted by molar-refractivity contribution is 6.05. The first kappa shape index (κ1) is 15.1. The molecule has 0 aliphatic rings. The number of rotatable bonds is 5. The second-order valence-corrected chi connectivity index (χ2v) is 5.09. The molecule has 0 amide bonds. The third-order valence-electron chi connectivity index (χ3n) is 3.54. The number of fused-ring (bicyclic) bond motifs is 1. The number of hydrogen-bond donors (Lipinski definition) is 0. The van der Waals surface area contributed by atoms with Crippen molar-refractivity contribution in [1.29, 1.82) is 0 Å². The van der Waals surface area contributed by atoms with Crippen molar-refractivity contribution >= 4 is 16.7 Å². The topological polar surface area (TPSA) is 61.6 Å². The molecule has 0 saturated carbocycles. The summed E-state index contributed by atoms with van der Waals surface area (Å²) in [5.74, 6) is 0.283. The summed E-state index contributed by atoms with van der Waals surface area (Å²) in [6.07, 6.45) is 5.85. The molecule has 0 bridgehead atoms. The lowest BCUT2D eigenvalue weighted by Gasteiger charge is -2.08. The maximum Gasteiger partial charge on any atom is 0.375 e. The summed E-state index contributed by atoms with van der Waals surface area (Å²) in [5.41, 5.74) is 2.15. The van der Waals surface area contributed by atoms with Crippen molar-refractivity contribution in [1.82, 2.24) is 4.98 Å². The second-order valence-electron chi connectivity index (χ2n) is 5.09. The number of ether oxygens (including phenoxy) is 2. The van der Waals surface area contributed by atoms with Crippen molar-refractivity contribution in [3.05, 3.63) is 59.8 Å². The number of furan rings is 1. The van der Waals surface area contributed by atoms with E-state index in [2.05, 4.69) is 4.98 Å². The molecule has 3 aromatic rings. The van der Waals surface area contributed by atoms with Gasteiger partial charge < -0.3 is 13.9 Å². The van der Waals surface area contributed by atoms with E-state index in [1.54, 1.807) is 26.5 Å². The van der Waals surface area contributed by atoms with Crippen LogP contribution in [-0.4, -0.2) is 24.7 Å². The highest BCUT2D eigenvalue weighted by atomic mass is 16.5. The number of aromatic nitrogens is 1. The summed E-state index contributed by atoms with van der Waals surface area (Å²) in [4.78, 5) is 16.1. The first-order chi connectivity index (χ1) is 11.2. The van der Waals surface area contributed by atoms with Crippen LogP contribution in [0.2, 0.25) is 0 Å². The zero-order valence-corrected chi connectivity index (χ0v) is 13.0. The molecular formula is C18H17NO4. The predicted molar refractivity (Wildman–Crippen MR) is 85.8 cm³/mol. The minimum atomic E-state index is -0.485. The molecule has 0 fully saturated rings. The fraction of sp³-hybridized carbons (Fsp3) is 0.222. The smallest absolute Gasteiger partial charge is 0.375 e. The molecule has 0 atom stereocenters. The van der Waals surface area contributed by atoms with Crippen molar-refractivity contribution in [2.24, 2.45) is 0 Å². The summed E-state index contributed by atoms with van der Waals surface area (Å²) in [7, 11) is 1.57. The normalized spacial score (nSPS) is 10.7. The number of methoxy groups -OCH3 is 1. The Hall–Kier alpha value is -2.82. The Morgan fingerprint density at radius 2 is 2.17 bits per heavy atom. The van der Waals surface area contributed by atoms with Crippen molar-refractivity contribution in [2.75, 3.05) is 13.7 Å². The van der Waals surface area contributed by atoms with Gasteiger partial charge in [-0.05, 0) is 42.7 Å². The average molecular weight is 311 g/mol. The number of hydrogen-bond acceptors (Lipinski definition) is 5. The number of nitrogens with zero attached hydrogens (tertiary/aromatic N) is 1. The molecule has 118 valence electrons. The molecule has 2 heterocycles. The van der Waals surface area contributed by atoms with E-state index in [0.29, 0.717) is 17.7 Å². The van der Waals surface area contributed by atoms with E-state index in [4.69, 9.17) is 13.9 Å². The van der Waals surface area contributed by atoms with E-state index in [1.807, 2.05) is 30.5 Å². The Labute approximate surface area is 133 Å². The Morgan fingerprint density at radius 1 is 1.30 bits per heavy atom. The quantitative estimate of drug-likeness (QED) is 0.674. The molecule has 0 aliphatic carbocycles. The Morgan fingerprint density at radius 3 is 2.87 bits per heavy atom. The number of benzene rings is 1. The maximum absolute atomic E-state index is 12.0. The van der Waals surface area contributed by atoms with Crippen molar-refractivity contribution < 1.29 is 18.7 Å². The SMILES string of the molecule is CCOC(=O)c1occ2cc(Cc3cccnc3)cc(OC)c12. The van der Waals surface area contributed by atoms with Crippen LogP contribution in [0.5, 0.6) is 5.75 Å². The number of pyridine rings is 1. The summed E-state index contributed by atoms with van der Waals surface area (Å²) < 4.78 is 15.9. The lowest BCUT2D eigenvalue weighted by Crippen LogP contribution is -2.04. The van der Waals surface area contributed by atoms with Gasteiger partial charge in [-0.25, -0.2) is 4.79 Å². The van der Waals surface area contributed by atoms with Crippen molar-refractivity contribution in [3.63, 3.8) is 0 Å². The van der Waals surface area contributed by atoms with Gasteiger partial charge in [-0.3, -0.25) is 4.98 Å². The molecule has 1 aromatic carbocycles. The third kappa shape index (κ3) is 3.04. The Kier molecular flexibility index (Phi) is 4.28. The fourth-order valence-corrected chi connectivity index (χ4v) is 2.56. The van der Waals surface area contributed by atoms with Gasteiger partial charge in [0, 0.05) is 17.8 Å². The molecule has 0 saturated heterocycles. The minimum Gasteiger partial charge on any atom is -0.496 e. The Balaban J connectivity index is 2.02. The maximum atomic E-state index is 12.0. The van der Waals surface area contributed by atoms with Crippen LogP contribution in [0, 0.1) is 0 Å². The van der Waals surface area contributed by atoms with Crippen LogP contribution < -0.4 is 4.74 Å². The first-order valence-electron chi connectivity index (χ1n) is 7.37. The highest BCUT2D eigenvalue weighted by Gasteiger charge is 2.20. The van der Waals surface area contributed by atoms with Gasteiger partial charge in [0.1, 0.15) is 5.75 Å². The van der Waals surface area contributed by atoms with Crippen molar-refractivity contribution in [3.8, 4) is 5.75 Å². The highest BCUT2D eigenvalue weighted by Crippen LogP contribution is 2.33. The van der Waals surface area contributed by atoms with Crippen LogP contribution >= 0.6 is 0 Å². The van der Waals surface area contributed by atoms with E-state index in [9.17, 15) is 4.79 Å². The van der Waals surface area contributed by atoms with Crippen molar-refractivity contribution in [2.45, 2.75) is 13.3 Å². The fourth-order valence-electron chi connectivity index (χ4n) is 2.56. The molecule has 0 N–H and O–H groups in total. The largest absolute Gasteiger partial charge is 0.496 e. The van der Waals surface area contributed by atoms with Crippen LogP contribution in [0.3, 0.4) is 0 Å². The van der Waals surface area contributed by atoms with Gasteiger partial charge in [0.2, 0.25) is 5.76 Å². The molecule has 5 nitrogen and oxygen atoms in total. The first-order valence-corrected chi connectivity index (χ1v) is 7.37. The van der Waals surface area contributed by atoms with Gasteiger partial charge in [0.25, 0.3) is 0 Å². The van der Waals surface area contributed by atoms with Crippen LogP contribution in [0.15, 0.2) is 47.3 Å². The lowest BCUT2D eigenvalue weighted by atomic mass is 10.0. The van der Waals surface area contributed by atoms with E-state index in [0.717, 1.165) is 22.9 Å². The summed E-state index contributed by atoms with van der Waals surface area (Å²) in [6.45, 7) is 2.05. The summed E-state index contributed by atoms with van der Waals surface area (Å²) in [5, 5.41) is 1.45. The van der Waals surface area contributed by atoms with Crippen LogP contribution in [0.1, 0.15) is 28.6 Å². The standard InChI is InChI=1S/C18H17NO4/c1-3-22-18(20)17-16-14(11-23-17)8-13(9-15(16)21-2)7-12-5-4-6-19-10-12/h4-6,8-11H,3,7H2,1-2H3. The molecule has 3 rings (SSSR count). The molecule has 0 unspecified atom stereocenters. The monoisotopic (exact) mass is 311 g/mol. The molecule has 2 aromatic heterocycles. The van der Waals surface area contributed by atoms with Gasteiger partial charge >= 0.3 is 5.97 Å². The average Bonchev–Trinajstić information content (AvgIpc) is 2.99. The van der Waals surface area contributed by atoms with Crippen LogP contribution in [0.25, 0.3) is 10.8 Å². The number of carbonyl (C=O) groups is 1. The van der Waals surface area contributed by atoms with E-state index < -0.39 is 5.97 Å². The van der Waals surface area contributed by atoms with E-state index in [1.165, 1.54) is 0 Å². The minimum absolute atomic E-state index is 0.173. The van der Waals surface area contributed by atoms with Crippen LogP contribution in [-0.2, 0) is 11.2 Å². The predicted octanol–water partition coefficient (Wildman–Crippen LogP) is 3.60. The Bertz CT molecular complexity index is 824. The van der Waals surface area contributed by atoms with Gasteiger partial charge in [-0.1, -0.05) is 6.07 Å². The third-order valence-corrected chi connectivity index (χ3v) is 3.54. The van der Waals surface area contributed by atoms with E-state index >= 15 is 0 Å². The van der Waals surface area contributed by atoms with E-state index in [-0.39, 0.29) is 5.76 Å². The van der Waals surface area contributed by atoms with Gasteiger partial charge in [0.15, 0.2) is 0 Å². The molecule has 0 radical (unpaired) electrons. The number of esters is 1. The zero-order valence-electron chi connectivity index (χ0n) is 13.0. The second kappa shape index (κ2) is 6.52. The molecular weight excluding hydrogens is 294 g/mol. The summed E-state index contributed by atoms with van der Waals surface area (Å²) in [6, 6.07) is 7.82. The number of carbonyl (C=O) groups excluding carboxylic acids is 1. The molecule has 0 spiro atoms. The van der Waals surface area contributed by atoms with Gasteiger partial charge in [0.05, 0.1) is 25.4 Å². The molecule has 0 aliphatic heterocycles. The summed E-state index contributed by atoms with van der Waals surface area (Å²) >= 11 is 0. The zero-order chi connectivity index (χ0) is 16.2. The lowest BCUT2D eigenvalue weighted by molar-refractivity contribution is 0.0493. The molecule has 5 heteroatoms. The van der Waals surface area contributed by atoms with Gasteiger partial charge in [-0.15, -0.1) is 0 Å². The molecule has 23 heavy (non-hydrogen) atoms.